The fourth-order valence-electron chi connectivity index (χ4n) is 2.59. The zero-order chi connectivity index (χ0) is 18.9. The number of pyridine rings is 1. The fourth-order valence-corrected chi connectivity index (χ4v) is 2.59. The molecule has 1 aliphatic heterocycles. The van der Waals surface area contributed by atoms with Gasteiger partial charge in [-0.3, -0.25) is 9.98 Å². The molecule has 0 bridgehead atoms. The number of rotatable bonds is 4. The van der Waals surface area contributed by atoms with E-state index in [2.05, 4.69) is 34.3 Å². The van der Waals surface area contributed by atoms with E-state index in [9.17, 15) is 4.39 Å². The molecule has 0 saturated heterocycles. The van der Waals surface area contributed by atoms with Gasteiger partial charge in [-0.05, 0) is 30.7 Å². The van der Waals surface area contributed by atoms with E-state index in [1.165, 1.54) is 17.7 Å². The Hall–Kier alpha value is -3.21. The first-order valence-corrected chi connectivity index (χ1v) is 8.80. The monoisotopic (exact) mass is 363 g/mol. The van der Waals surface area contributed by atoms with Gasteiger partial charge in [0.1, 0.15) is 24.0 Å². The number of halogens is 1. The molecule has 0 unspecified atom stereocenters. The van der Waals surface area contributed by atoms with Crippen LogP contribution >= 0.6 is 0 Å². The van der Waals surface area contributed by atoms with Crippen LogP contribution in [0.2, 0.25) is 0 Å². The zero-order valence-electron chi connectivity index (χ0n) is 15.2. The molecule has 0 aliphatic carbocycles. The van der Waals surface area contributed by atoms with Crippen LogP contribution in [0.1, 0.15) is 17.2 Å². The van der Waals surface area contributed by atoms with Gasteiger partial charge >= 0.3 is 0 Å². The molecule has 0 radical (unpaired) electrons. The van der Waals surface area contributed by atoms with E-state index >= 15 is 0 Å². The summed E-state index contributed by atoms with van der Waals surface area (Å²) in [7, 11) is 0. The lowest BCUT2D eigenvalue weighted by atomic mass is 10.1. The first-order valence-electron chi connectivity index (χ1n) is 8.80. The van der Waals surface area contributed by atoms with Crippen LogP contribution in [0.25, 0.3) is 0 Å². The summed E-state index contributed by atoms with van der Waals surface area (Å²) in [6, 6.07) is 20.4. The van der Waals surface area contributed by atoms with Gasteiger partial charge in [-0.2, -0.15) is 0 Å². The summed E-state index contributed by atoms with van der Waals surface area (Å²) in [6.45, 7) is 3.05. The number of nitrogens with zero attached hydrogens (tertiary/aromatic N) is 2. The highest BCUT2D eigenvalue weighted by atomic mass is 19.1. The van der Waals surface area contributed by atoms with Gasteiger partial charge in [0.2, 0.25) is 0 Å². The van der Waals surface area contributed by atoms with Crippen LogP contribution in [0, 0.1) is 12.7 Å². The highest BCUT2D eigenvalue weighted by Gasteiger charge is 2.19. The maximum absolute atomic E-state index is 13.0. The average Bonchev–Trinajstić information content (AvgIpc) is 3.17. The maximum Gasteiger partial charge on any atom is 0.145 e. The van der Waals surface area contributed by atoms with E-state index < -0.39 is 0 Å². The van der Waals surface area contributed by atoms with E-state index in [1.54, 1.807) is 18.3 Å². The Balaban J connectivity index is 0.000000253. The highest BCUT2D eigenvalue weighted by Crippen LogP contribution is 2.17. The second-order valence-electron chi connectivity index (χ2n) is 6.17. The lowest BCUT2D eigenvalue weighted by molar-refractivity contribution is 0.370. The van der Waals surface area contributed by atoms with Crippen molar-refractivity contribution in [2.75, 3.05) is 13.2 Å². The highest BCUT2D eigenvalue weighted by molar-refractivity contribution is 5.85. The number of benzene rings is 2. The molecule has 2 aromatic carbocycles. The number of aromatic nitrogens is 1. The fraction of sp³-hybridized carbons (Fsp3) is 0.182. The molecular weight excluding hydrogens is 341 g/mol. The Labute approximate surface area is 158 Å². The van der Waals surface area contributed by atoms with Crippen molar-refractivity contribution >= 4 is 5.84 Å². The van der Waals surface area contributed by atoms with Crippen LogP contribution in [0.15, 0.2) is 84.1 Å². The summed E-state index contributed by atoms with van der Waals surface area (Å²) in [5.41, 5.74) is 2.42. The van der Waals surface area contributed by atoms with Crippen molar-refractivity contribution < 1.29 is 9.13 Å². The van der Waals surface area contributed by atoms with Crippen molar-refractivity contribution in [2.24, 2.45) is 4.99 Å². The minimum absolute atomic E-state index is 0.134. The van der Waals surface area contributed by atoms with Crippen molar-refractivity contribution in [1.29, 1.82) is 0 Å². The van der Waals surface area contributed by atoms with E-state index in [4.69, 9.17) is 4.74 Å². The smallest absolute Gasteiger partial charge is 0.145 e. The molecule has 0 fully saturated rings. The Morgan fingerprint density at radius 3 is 2.59 bits per heavy atom. The first kappa shape index (κ1) is 18.6. The van der Waals surface area contributed by atoms with Crippen LogP contribution in [0.4, 0.5) is 4.39 Å². The molecule has 4 nitrogen and oxygen atoms in total. The lowest BCUT2D eigenvalue weighted by Crippen LogP contribution is -2.28. The number of hydrogen-bond acceptors (Lipinski definition) is 4. The predicted molar refractivity (Wildman–Crippen MR) is 105 cm³/mol. The summed E-state index contributed by atoms with van der Waals surface area (Å²) in [6.07, 6.45) is 3.57. The lowest BCUT2D eigenvalue weighted by Gasteiger charge is -2.12. The summed E-state index contributed by atoms with van der Waals surface area (Å²) < 4.78 is 18.5. The van der Waals surface area contributed by atoms with Crippen molar-refractivity contribution in [1.82, 2.24) is 10.3 Å². The van der Waals surface area contributed by atoms with Crippen LogP contribution in [0.3, 0.4) is 0 Å². The predicted octanol–water partition coefficient (Wildman–Crippen LogP) is 4.34. The summed E-state index contributed by atoms with van der Waals surface area (Å²) >= 11 is 0. The van der Waals surface area contributed by atoms with E-state index in [0.717, 1.165) is 11.4 Å². The van der Waals surface area contributed by atoms with Crippen molar-refractivity contribution in [3.63, 3.8) is 0 Å². The van der Waals surface area contributed by atoms with Gasteiger partial charge in [0, 0.05) is 18.5 Å². The molecule has 0 amide bonds. The number of ether oxygens (including phenoxy) is 1. The molecule has 27 heavy (non-hydrogen) atoms. The molecule has 5 heteroatoms. The zero-order valence-corrected chi connectivity index (χ0v) is 15.2. The molecule has 138 valence electrons. The van der Waals surface area contributed by atoms with Crippen LogP contribution < -0.4 is 10.1 Å². The standard InChI is InChI=1S/C15H14FN3O.C7H8/c16-12-4-1-5-13(7-12)20-10-15-18-9-14(19-15)11-3-2-6-17-8-11;1-7-5-3-2-4-6-7/h1-8,14H,9-10H2,(H,18,19);2-6H,1H3/t14-;/m1./s1. The molecule has 4 rings (SSSR count). The summed E-state index contributed by atoms with van der Waals surface area (Å²) in [4.78, 5) is 8.48. The van der Waals surface area contributed by atoms with Crippen molar-refractivity contribution in [3.8, 4) is 5.75 Å². The van der Waals surface area contributed by atoms with Gasteiger partial charge in [-0.25, -0.2) is 4.39 Å². The van der Waals surface area contributed by atoms with Gasteiger partial charge in [-0.1, -0.05) is 48.0 Å². The minimum atomic E-state index is -0.308. The largest absolute Gasteiger partial charge is 0.486 e. The Morgan fingerprint density at radius 2 is 1.93 bits per heavy atom. The minimum Gasteiger partial charge on any atom is -0.486 e. The number of aryl methyl sites for hydroxylation is 1. The summed E-state index contributed by atoms with van der Waals surface area (Å²) in [5, 5.41) is 3.28. The van der Waals surface area contributed by atoms with Gasteiger partial charge in [0.05, 0.1) is 12.6 Å². The molecule has 1 aliphatic rings. The average molecular weight is 363 g/mol. The molecule has 1 aromatic heterocycles. The van der Waals surface area contributed by atoms with Crippen molar-refractivity contribution in [2.45, 2.75) is 13.0 Å². The van der Waals surface area contributed by atoms with E-state index in [1.807, 2.05) is 36.5 Å². The van der Waals surface area contributed by atoms with Gasteiger partial charge in [0.25, 0.3) is 0 Å². The van der Waals surface area contributed by atoms with Crippen LogP contribution in [0.5, 0.6) is 5.75 Å². The van der Waals surface area contributed by atoms with Gasteiger partial charge in [0.15, 0.2) is 0 Å². The van der Waals surface area contributed by atoms with Gasteiger partial charge < -0.3 is 10.1 Å². The third-order valence-electron chi connectivity index (χ3n) is 4.00. The quantitative estimate of drug-likeness (QED) is 0.750. The second kappa shape index (κ2) is 9.48. The Kier molecular flexibility index (Phi) is 6.52. The SMILES string of the molecule is Cc1ccccc1.Fc1cccc(OCC2=NC[C@H](c3cccnc3)N2)c1. The molecule has 3 aromatic rings. The van der Waals surface area contributed by atoms with Crippen LogP contribution in [-0.2, 0) is 0 Å². The normalized spacial score (nSPS) is 15.2. The molecule has 0 saturated carbocycles. The van der Waals surface area contributed by atoms with E-state index in [0.29, 0.717) is 18.9 Å². The topological polar surface area (TPSA) is 46.5 Å². The number of aliphatic imine (C=N–C) groups is 1. The molecule has 1 atom stereocenters. The maximum atomic E-state index is 13.0. The molecular formula is C22H22FN3O. The Bertz CT molecular complexity index is 869. The first-order chi connectivity index (χ1) is 13.2. The second-order valence-corrected chi connectivity index (χ2v) is 6.17. The third kappa shape index (κ3) is 5.92. The number of amidine groups is 1. The summed E-state index contributed by atoms with van der Waals surface area (Å²) in [5.74, 6) is 0.958. The molecule has 0 spiro atoms. The van der Waals surface area contributed by atoms with Crippen LogP contribution in [-0.4, -0.2) is 24.0 Å². The van der Waals surface area contributed by atoms with Crippen molar-refractivity contribution in [3.05, 3.63) is 96.1 Å². The van der Waals surface area contributed by atoms with Gasteiger partial charge in [-0.15, -0.1) is 0 Å². The number of nitrogens with one attached hydrogen (secondary N) is 1. The van der Waals surface area contributed by atoms with E-state index in [-0.39, 0.29) is 11.9 Å². The molecule has 2 heterocycles. The Morgan fingerprint density at radius 1 is 1.07 bits per heavy atom. The third-order valence-corrected chi connectivity index (χ3v) is 4.00. The number of hydrogen-bond donors (Lipinski definition) is 1. The molecule has 1 N–H and O–H groups in total.